The molecule has 3 N–H and O–H groups in total. The molecular weight excluding hydrogens is 260 g/mol. The Morgan fingerprint density at radius 2 is 2.21 bits per heavy atom. The lowest BCUT2D eigenvalue weighted by Crippen LogP contribution is -2.39. The number of aryl methyl sites for hydroxylation is 1. The van der Waals surface area contributed by atoms with Gasteiger partial charge in [0.2, 0.25) is 0 Å². The van der Waals surface area contributed by atoms with Crippen LogP contribution in [-0.2, 0) is 12.8 Å². The molecule has 0 aliphatic heterocycles. The SMILES string of the molecule is Cc1nc(CC(Cc2ncnn2C(C)C)NN)cs1. The third kappa shape index (κ3) is 3.59. The molecule has 1 atom stereocenters. The Morgan fingerprint density at radius 1 is 1.42 bits per heavy atom. The van der Waals surface area contributed by atoms with Crippen LogP contribution in [0.15, 0.2) is 11.7 Å². The first-order chi connectivity index (χ1) is 9.10. The van der Waals surface area contributed by atoms with Gasteiger partial charge in [-0.15, -0.1) is 11.3 Å². The van der Waals surface area contributed by atoms with E-state index >= 15 is 0 Å². The van der Waals surface area contributed by atoms with E-state index in [1.807, 2.05) is 11.6 Å². The summed E-state index contributed by atoms with van der Waals surface area (Å²) in [6.07, 6.45) is 3.13. The highest BCUT2D eigenvalue weighted by Crippen LogP contribution is 2.13. The number of nitrogens with zero attached hydrogens (tertiary/aromatic N) is 4. The number of rotatable bonds is 6. The van der Waals surface area contributed by atoms with Crippen LogP contribution in [0.25, 0.3) is 0 Å². The molecule has 0 saturated carbocycles. The summed E-state index contributed by atoms with van der Waals surface area (Å²) in [7, 11) is 0. The Hall–Kier alpha value is -1.31. The summed E-state index contributed by atoms with van der Waals surface area (Å²) in [5.74, 6) is 6.59. The summed E-state index contributed by atoms with van der Waals surface area (Å²) in [5, 5.41) is 7.39. The number of thiazole rings is 1. The quantitative estimate of drug-likeness (QED) is 0.614. The molecule has 19 heavy (non-hydrogen) atoms. The molecule has 1 unspecified atom stereocenters. The first-order valence-corrected chi connectivity index (χ1v) is 7.23. The zero-order valence-corrected chi connectivity index (χ0v) is 12.3. The molecule has 0 saturated heterocycles. The molecule has 0 bridgehead atoms. The third-order valence-electron chi connectivity index (χ3n) is 2.92. The van der Waals surface area contributed by atoms with Gasteiger partial charge in [0.15, 0.2) is 0 Å². The van der Waals surface area contributed by atoms with Crippen LogP contribution in [0.4, 0.5) is 0 Å². The molecule has 2 rings (SSSR count). The largest absolute Gasteiger partial charge is 0.271 e. The highest BCUT2D eigenvalue weighted by molar-refractivity contribution is 7.09. The number of nitrogens with two attached hydrogens (primary N) is 1. The molecular formula is C12H20N6S. The van der Waals surface area contributed by atoms with Gasteiger partial charge in [0.05, 0.1) is 10.7 Å². The Morgan fingerprint density at radius 3 is 2.79 bits per heavy atom. The lowest BCUT2D eigenvalue weighted by atomic mass is 10.1. The second-order valence-corrected chi connectivity index (χ2v) is 5.91. The van der Waals surface area contributed by atoms with Crippen LogP contribution >= 0.6 is 11.3 Å². The summed E-state index contributed by atoms with van der Waals surface area (Å²) >= 11 is 1.66. The summed E-state index contributed by atoms with van der Waals surface area (Å²) in [6, 6.07) is 0.417. The van der Waals surface area contributed by atoms with Gasteiger partial charge in [-0.3, -0.25) is 11.3 Å². The molecule has 6 nitrogen and oxygen atoms in total. The van der Waals surface area contributed by atoms with Crippen molar-refractivity contribution in [3.8, 4) is 0 Å². The number of hydrogen-bond acceptors (Lipinski definition) is 6. The van der Waals surface area contributed by atoms with Gasteiger partial charge >= 0.3 is 0 Å². The minimum Gasteiger partial charge on any atom is -0.271 e. The number of hydrogen-bond donors (Lipinski definition) is 2. The smallest absolute Gasteiger partial charge is 0.138 e. The molecule has 0 amide bonds. The molecule has 2 heterocycles. The van der Waals surface area contributed by atoms with Crippen LogP contribution in [0.3, 0.4) is 0 Å². The van der Waals surface area contributed by atoms with Crippen molar-refractivity contribution < 1.29 is 0 Å². The van der Waals surface area contributed by atoms with Crippen LogP contribution in [0, 0.1) is 6.92 Å². The summed E-state index contributed by atoms with van der Waals surface area (Å²) < 4.78 is 1.93. The lowest BCUT2D eigenvalue weighted by Gasteiger charge is -2.16. The van der Waals surface area contributed by atoms with Crippen molar-refractivity contribution in [1.29, 1.82) is 0 Å². The van der Waals surface area contributed by atoms with Crippen molar-refractivity contribution >= 4 is 11.3 Å². The van der Waals surface area contributed by atoms with Crippen molar-refractivity contribution in [2.24, 2.45) is 5.84 Å². The number of aromatic nitrogens is 4. The van der Waals surface area contributed by atoms with E-state index in [1.54, 1.807) is 17.7 Å². The molecule has 0 aliphatic rings. The van der Waals surface area contributed by atoms with E-state index in [1.165, 1.54) is 0 Å². The van der Waals surface area contributed by atoms with Gasteiger partial charge in [0.1, 0.15) is 12.2 Å². The topological polar surface area (TPSA) is 81.7 Å². The molecule has 0 aliphatic carbocycles. The fourth-order valence-corrected chi connectivity index (χ4v) is 2.64. The van der Waals surface area contributed by atoms with Gasteiger partial charge in [-0.2, -0.15) is 5.10 Å². The summed E-state index contributed by atoms with van der Waals surface area (Å²) in [6.45, 7) is 6.19. The lowest BCUT2D eigenvalue weighted by molar-refractivity contribution is 0.457. The molecule has 104 valence electrons. The highest BCUT2D eigenvalue weighted by atomic mass is 32.1. The number of hydrazine groups is 1. The van der Waals surface area contributed by atoms with E-state index < -0.39 is 0 Å². The van der Waals surface area contributed by atoms with Gasteiger partial charge < -0.3 is 0 Å². The van der Waals surface area contributed by atoms with Crippen LogP contribution in [-0.4, -0.2) is 25.8 Å². The molecule has 0 fully saturated rings. The fourth-order valence-electron chi connectivity index (χ4n) is 2.02. The first-order valence-electron chi connectivity index (χ1n) is 6.35. The molecule has 0 radical (unpaired) electrons. The Labute approximate surface area is 117 Å². The Kier molecular flexibility index (Phi) is 4.62. The molecule has 7 heteroatoms. The summed E-state index contributed by atoms with van der Waals surface area (Å²) in [5.41, 5.74) is 3.92. The van der Waals surface area contributed by atoms with E-state index in [9.17, 15) is 0 Å². The van der Waals surface area contributed by atoms with Crippen molar-refractivity contribution in [2.45, 2.75) is 45.7 Å². The molecule has 2 aromatic rings. The monoisotopic (exact) mass is 280 g/mol. The van der Waals surface area contributed by atoms with Gasteiger partial charge in [0.25, 0.3) is 0 Å². The van der Waals surface area contributed by atoms with Crippen molar-refractivity contribution in [3.63, 3.8) is 0 Å². The van der Waals surface area contributed by atoms with Crippen molar-refractivity contribution in [3.05, 3.63) is 28.2 Å². The van der Waals surface area contributed by atoms with E-state index in [2.05, 4.69) is 39.7 Å². The van der Waals surface area contributed by atoms with E-state index in [0.717, 1.165) is 29.4 Å². The highest BCUT2D eigenvalue weighted by Gasteiger charge is 2.15. The minimum absolute atomic E-state index is 0.114. The van der Waals surface area contributed by atoms with Crippen LogP contribution in [0.1, 0.15) is 36.4 Å². The summed E-state index contributed by atoms with van der Waals surface area (Å²) in [4.78, 5) is 8.78. The van der Waals surface area contributed by atoms with Crippen molar-refractivity contribution in [1.82, 2.24) is 25.2 Å². The average Bonchev–Trinajstić information content (AvgIpc) is 2.97. The first kappa shape index (κ1) is 14.1. The molecule has 0 aromatic carbocycles. The van der Waals surface area contributed by atoms with Gasteiger partial charge in [-0.25, -0.2) is 14.6 Å². The molecule has 2 aromatic heterocycles. The molecule has 0 spiro atoms. The zero-order chi connectivity index (χ0) is 13.8. The van der Waals surface area contributed by atoms with Crippen LogP contribution in [0.2, 0.25) is 0 Å². The van der Waals surface area contributed by atoms with E-state index in [4.69, 9.17) is 5.84 Å². The maximum Gasteiger partial charge on any atom is 0.138 e. The fraction of sp³-hybridized carbons (Fsp3) is 0.583. The standard InChI is InChI=1S/C12H20N6S/c1-8(2)18-12(14-7-15-18)5-10(17-13)4-11-6-19-9(3)16-11/h6-8,10,17H,4-5,13H2,1-3H3. The van der Waals surface area contributed by atoms with Gasteiger partial charge in [-0.05, 0) is 20.8 Å². The van der Waals surface area contributed by atoms with E-state index in [-0.39, 0.29) is 6.04 Å². The Balaban J connectivity index is 2.04. The average molecular weight is 280 g/mol. The van der Waals surface area contributed by atoms with Gasteiger partial charge in [0, 0.05) is 30.3 Å². The maximum absolute atomic E-state index is 5.64. The normalized spacial score (nSPS) is 13.1. The predicted molar refractivity (Wildman–Crippen MR) is 75.8 cm³/mol. The predicted octanol–water partition coefficient (Wildman–Crippen LogP) is 1.24. The second-order valence-electron chi connectivity index (χ2n) is 4.84. The number of nitrogens with one attached hydrogen (secondary N) is 1. The maximum atomic E-state index is 5.64. The van der Waals surface area contributed by atoms with Crippen molar-refractivity contribution in [2.75, 3.05) is 0 Å². The minimum atomic E-state index is 0.114. The third-order valence-corrected chi connectivity index (χ3v) is 3.75. The zero-order valence-electron chi connectivity index (χ0n) is 11.5. The van der Waals surface area contributed by atoms with Gasteiger partial charge in [-0.1, -0.05) is 0 Å². The Bertz CT molecular complexity index is 518. The van der Waals surface area contributed by atoms with Crippen LogP contribution in [0.5, 0.6) is 0 Å². The second kappa shape index (κ2) is 6.23. The van der Waals surface area contributed by atoms with E-state index in [0.29, 0.717) is 6.04 Å². The van der Waals surface area contributed by atoms with Crippen LogP contribution < -0.4 is 11.3 Å².